The van der Waals surface area contributed by atoms with E-state index in [0.717, 1.165) is 0 Å². The highest BCUT2D eigenvalue weighted by atomic mass is 16.7. The van der Waals surface area contributed by atoms with E-state index in [0.29, 0.717) is 12.8 Å². The van der Waals surface area contributed by atoms with Crippen LogP contribution in [0.5, 0.6) is 0 Å². The largest absolute Gasteiger partial charge is 0.394 e. The van der Waals surface area contributed by atoms with E-state index in [9.17, 15) is 30.3 Å². The van der Waals surface area contributed by atoms with Crippen molar-refractivity contribution in [3.63, 3.8) is 0 Å². The van der Waals surface area contributed by atoms with E-state index in [1.165, 1.54) is 14.0 Å². The SMILES string of the molecule is CNC1C(O)C(OC2C(NC(=O)C(O)C(N)C(O)CO)CC(N)C(OC3OC(CN=C(N)CO)CCC3N)C2O)OCC1(C)O. The quantitative estimate of drug-likeness (QED) is 0.0648. The number of likely N-dealkylation sites (N-methyl/N-ethyl adjacent to an activating group) is 1. The summed E-state index contributed by atoms with van der Waals surface area (Å²) in [7, 11) is 1.53. The third kappa shape index (κ3) is 9.24. The number of hydrogen-bond donors (Lipinski definition) is 13. The minimum atomic E-state index is -1.96. The van der Waals surface area contributed by atoms with Gasteiger partial charge in [0.1, 0.15) is 48.6 Å². The molecule has 0 spiro atoms. The third-order valence-electron chi connectivity index (χ3n) is 8.49. The summed E-state index contributed by atoms with van der Waals surface area (Å²) in [6.45, 7) is 0.141. The number of nitrogens with two attached hydrogens (primary N) is 4. The van der Waals surface area contributed by atoms with Crippen LogP contribution < -0.4 is 33.6 Å². The Labute approximate surface area is 260 Å². The molecule has 3 fully saturated rings. The van der Waals surface area contributed by atoms with Crippen LogP contribution in [0.4, 0.5) is 0 Å². The summed E-state index contributed by atoms with van der Waals surface area (Å²) in [5.41, 5.74) is 22.5. The van der Waals surface area contributed by atoms with E-state index < -0.39 is 110 Å². The molecule has 0 radical (unpaired) electrons. The third-order valence-corrected chi connectivity index (χ3v) is 8.49. The highest BCUT2D eigenvalue weighted by Crippen LogP contribution is 2.32. The number of amidine groups is 1. The number of hydrogen-bond acceptors (Lipinski definition) is 17. The Hall–Kier alpha value is -1.66. The van der Waals surface area contributed by atoms with Crippen LogP contribution >= 0.6 is 0 Å². The monoisotopic (exact) mass is 653 g/mol. The summed E-state index contributed by atoms with van der Waals surface area (Å²) in [4.78, 5) is 17.0. The molecule has 0 aromatic heterocycles. The lowest BCUT2D eigenvalue weighted by atomic mass is 9.83. The Bertz CT molecular complexity index is 983. The van der Waals surface area contributed by atoms with Crippen molar-refractivity contribution in [2.45, 2.75) is 117 Å². The van der Waals surface area contributed by atoms with Crippen molar-refractivity contribution in [1.29, 1.82) is 0 Å². The van der Waals surface area contributed by atoms with Gasteiger partial charge < -0.3 is 88.3 Å². The lowest BCUT2D eigenvalue weighted by molar-refractivity contribution is -0.307. The normalized spacial score (nSPS) is 41.7. The first-order chi connectivity index (χ1) is 21.1. The Morgan fingerprint density at radius 1 is 1.09 bits per heavy atom. The van der Waals surface area contributed by atoms with Crippen molar-refractivity contribution in [1.82, 2.24) is 10.6 Å². The number of aliphatic imine (C=N–C) groups is 1. The Morgan fingerprint density at radius 3 is 2.38 bits per heavy atom. The number of amides is 1. The van der Waals surface area contributed by atoms with Crippen molar-refractivity contribution in [2.24, 2.45) is 27.9 Å². The first-order valence-electron chi connectivity index (χ1n) is 14.9. The molecule has 3 aliphatic rings. The number of aliphatic hydroxyl groups is 7. The van der Waals surface area contributed by atoms with E-state index in [1.54, 1.807) is 0 Å². The minimum absolute atomic E-state index is 0.0369. The highest BCUT2D eigenvalue weighted by molar-refractivity contribution is 5.82. The maximum absolute atomic E-state index is 12.9. The summed E-state index contributed by atoms with van der Waals surface area (Å²) >= 11 is 0. The molecule has 19 heteroatoms. The molecule has 2 aliphatic heterocycles. The lowest BCUT2D eigenvalue weighted by Crippen LogP contribution is -2.70. The predicted molar refractivity (Wildman–Crippen MR) is 156 cm³/mol. The number of nitrogens with one attached hydrogen (secondary N) is 2. The number of ether oxygens (including phenoxy) is 4. The maximum Gasteiger partial charge on any atom is 0.250 e. The fourth-order valence-corrected chi connectivity index (χ4v) is 5.80. The fraction of sp³-hybridized carbons (Fsp3) is 0.923. The molecule has 45 heavy (non-hydrogen) atoms. The van der Waals surface area contributed by atoms with E-state index in [-0.39, 0.29) is 25.4 Å². The molecular weight excluding hydrogens is 602 g/mol. The topological polar surface area (TPSA) is 336 Å². The molecule has 1 saturated carbocycles. The number of carbonyl (C=O) groups is 1. The molecule has 17 N–H and O–H groups in total. The van der Waals surface area contributed by atoms with Crippen LogP contribution in [0.25, 0.3) is 0 Å². The highest BCUT2D eigenvalue weighted by Gasteiger charge is 2.52. The molecule has 0 aromatic carbocycles. The summed E-state index contributed by atoms with van der Waals surface area (Å²) in [6, 6.07) is -5.09. The Balaban J connectivity index is 1.83. The second kappa shape index (κ2) is 16.4. The van der Waals surface area contributed by atoms with Crippen LogP contribution in [0, 0.1) is 0 Å². The zero-order valence-electron chi connectivity index (χ0n) is 25.5. The van der Waals surface area contributed by atoms with Crippen molar-refractivity contribution >= 4 is 11.7 Å². The van der Waals surface area contributed by atoms with E-state index in [4.69, 9.17) is 52.1 Å². The first-order valence-corrected chi connectivity index (χ1v) is 14.9. The zero-order valence-corrected chi connectivity index (χ0v) is 25.5. The van der Waals surface area contributed by atoms with E-state index in [1.807, 2.05) is 0 Å². The van der Waals surface area contributed by atoms with Crippen LogP contribution in [0.3, 0.4) is 0 Å². The van der Waals surface area contributed by atoms with Gasteiger partial charge in [-0.1, -0.05) is 0 Å². The van der Waals surface area contributed by atoms with E-state index in [2.05, 4.69) is 15.6 Å². The van der Waals surface area contributed by atoms with Crippen LogP contribution in [0.15, 0.2) is 4.99 Å². The van der Waals surface area contributed by atoms with Crippen LogP contribution in [0.1, 0.15) is 26.2 Å². The zero-order chi connectivity index (χ0) is 33.6. The molecule has 1 amide bonds. The van der Waals surface area contributed by atoms with E-state index >= 15 is 0 Å². The molecule has 0 bridgehead atoms. The minimum Gasteiger partial charge on any atom is -0.394 e. The van der Waals surface area contributed by atoms with Crippen molar-refractivity contribution in [2.75, 3.05) is 33.4 Å². The van der Waals surface area contributed by atoms with Crippen molar-refractivity contribution in [3.8, 4) is 0 Å². The van der Waals surface area contributed by atoms with Gasteiger partial charge in [0.2, 0.25) is 0 Å². The molecular formula is C26H51N7O12. The van der Waals surface area contributed by atoms with Crippen molar-refractivity contribution < 1.29 is 59.5 Å². The van der Waals surface area contributed by atoms with Crippen molar-refractivity contribution in [3.05, 3.63) is 0 Å². The van der Waals surface area contributed by atoms with Gasteiger partial charge in [0.05, 0.1) is 56.1 Å². The van der Waals surface area contributed by atoms with Gasteiger partial charge in [0.15, 0.2) is 12.6 Å². The summed E-state index contributed by atoms with van der Waals surface area (Å²) in [6.07, 6.45) is -11.1. The molecule has 19 nitrogen and oxygen atoms in total. The average molecular weight is 654 g/mol. The predicted octanol–water partition coefficient (Wildman–Crippen LogP) is -7.39. The van der Waals surface area contributed by atoms with Crippen LogP contribution in [-0.4, -0.2) is 172 Å². The van der Waals surface area contributed by atoms with Gasteiger partial charge in [-0.2, -0.15) is 0 Å². The number of aliphatic hydroxyl groups excluding tert-OH is 6. The van der Waals surface area contributed by atoms with Gasteiger partial charge in [-0.3, -0.25) is 9.79 Å². The number of carbonyl (C=O) groups excluding carboxylic acids is 1. The molecule has 0 aromatic rings. The summed E-state index contributed by atoms with van der Waals surface area (Å²) in [5, 5.41) is 77.0. The van der Waals surface area contributed by atoms with Gasteiger partial charge in [-0.05, 0) is 33.2 Å². The van der Waals surface area contributed by atoms with Crippen LogP contribution in [0.2, 0.25) is 0 Å². The Kier molecular flexibility index (Phi) is 13.8. The number of rotatable bonds is 13. The Morgan fingerprint density at radius 2 is 1.76 bits per heavy atom. The second-order valence-electron chi connectivity index (χ2n) is 12.1. The molecule has 15 unspecified atom stereocenters. The van der Waals surface area contributed by atoms with Crippen LogP contribution in [-0.2, 0) is 23.7 Å². The smallest absolute Gasteiger partial charge is 0.250 e. The molecule has 262 valence electrons. The molecule has 2 saturated heterocycles. The molecule has 3 rings (SSSR count). The summed E-state index contributed by atoms with van der Waals surface area (Å²) in [5.74, 6) is -1.01. The lowest BCUT2D eigenvalue weighted by Gasteiger charge is -2.49. The van der Waals surface area contributed by atoms with Gasteiger partial charge in [-0.25, -0.2) is 0 Å². The number of nitrogens with zero attached hydrogens (tertiary/aromatic N) is 1. The average Bonchev–Trinajstić information content (AvgIpc) is 3.00. The molecule has 2 heterocycles. The fourth-order valence-electron chi connectivity index (χ4n) is 5.80. The standard InChI is InChI=1S/C26H51N7O12/c1-26(41)9-42-25(19(39)22(26)31-2)45-21-13(33-23(40)17(37)16(30)14(36)7-34)5-12(28)20(18(21)38)44-24-11(27)4-3-10(43-24)6-32-15(29)8-35/h10-14,16-22,24-25,31,34-39,41H,3-9,27-28,30H2,1-2H3,(H2,29,32)(H,33,40). The molecule has 15 atom stereocenters. The summed E-state index contributed by atoms with van der Waals surface area (Å²) < 4.78 is 23.7. The first kappa shape index (κ1) is 37.8. The van der Waals surface area contributed by atoms with Gasteiger partial charge in [-0.15, -0.1) is 0 Å². The second-order valence-corrected chi connectivity index (χ2v) is 12.1. The maximum atomic E-state index is 12.9. The van der Waals surface area contributed by atoms with Gasteiger partial charge in [0.25, 0.3) is 5.91 Å². The van der Waals surface area contributed by atoms with Gasteiger partial charge >= 0.3 is 0 Å². The van der Waals surface area contributed by atoms with Gasteiger partial charge in [0, 0.05) is 6.04 Å². The molecule has 1 aliphatic carbocycles.